The Morgan fingerprint density at radius 3 is 2.73 bits per heavy atom. The summed E-state index contributed by atoms with van der Waals surface area (Å²) in [6.07, 6.45) is 1.66. The van der Waals surface area contributed by atoms with E-state index in [1.807, 2.05) is 56.3 Å². The van der Waals surface area contributed by atoms with Gasteiger partial charge in [-0.1, -0.05) is 42.4 Å². The van der Waals surface area contributed by atoms with Crippen molar-refractivity contribution >= 4 is 11.6 Å². The Morgan fingerprint density at radius 2 is 1.92 bits per heavy atom. The molecule has 1 N–H and O–H groups in total. The summed E-state index contributed by atoms with van der Waals surface area (Å²) in [5.74, 6) is 1.36. The van der Waals surface area contributed by atoms with Gasteiger partial charge in [0.05, 0.1) is 5.56 Å². The second kappa shape index (κ2) is 8.29. The van der Waals surface area contributed by atoms with E-state index in [4.69, 9.17) is 9.26 Å². The SMILES string of the molecule is CCCc1nc(-c2ccccc2OCC(=O)Nc2ccccc2C)no1. The van der Waals surface area contributed by atoms with Crippen molar-refractivity contribution in [3.63, 3.8) is 0 Å². The van der Waals surface area contributed by atoms with E-state index in [0.29, 0.717) is 23.0 Å². The number of hydrogen-bond acceptors (Lipinski definition) is 5. The fourth-order valence-electron chi connectivity index (χ4n) is 2.50. The number of para-hydroxylation sites is 2. The van der Waals surface area contributed by atoms with Crippen LogP contribution in [0.1, 0.15) is 24.8 Å². The number of benzene rings is 2. The van der Waals surface area contributed by atoms with E-state index in [2.05, 4.69) is 15.5 Å². The maximum absolute atomic E-state index is 12.2. The predicted molar refractivity (Wildman–Crippen MR) is 99.0 cm³/mol. The zero-order chi connectivity index (χ0) is 18.4. The highest BCUT2D eigenvalue weighted by molar-refractivity contribution is 5.92. The molecule has 1 aromatic heterocycles. The molecule has 134 valence electrons. The minimum atomic E-state index is -0.228. The second-order valence-corrected chi connectivity index (χ2v) is 5.91. The summed E-state index contributed by atoms with van der Waals surface area (Å²) in [6, 6.07) is 14.9. The minimum absolute atomic E-state index is 0.106. The van der Waals surface area contributed by atoms with Crippen molar-refractivity contribution in [3.05, 3.63) is 60.0 Å². The molecule has 0 radical (unpaired) electrons. The van der Waals surface area contributed by atoms with Crippen molar-refractivity contribution in [3.8, 4) is 17.1 Å². The first-order valence-electron chi connectivity index (χ1n) is 8.57. The first kappa shape index (κ1) is 17.7. The van der Waals surface area contributed by atoms with Gasteiger partial charge in [-0.05, 0) is 37.1 Å². The van der Waals surface area contributed by atoms with Gasteiger partial charge < -0.3 is 14.6 Å². The van der Waals surface area contributed by atoms with E-state index in [0.717, 1.165) is 24.1 Å². The van der Waals surface area contributed by atoms with Crippen LogP contribution in [0.2, 0.25) is 0 Å². The zero-order valence-corrected chi connectivity index (χ0v) is 14.9. The number of aromatic nitrogens is 2. The standard InChI is InChI=1S/C20H21N3O3/c1-3-8-19-22-20(23-26-19)15-10-5-7-12-17(15)25-13-18(24)21-16-11-6-4-9-14(16)2/h4-7,9-12H,3,8,13H2,1-2H3,(H,21,24). The molecule has 6 heteroatoms. The van der Waals surface area contributed by atoms with Gasteiger partial charge >= 0.3 is 0 Å². The van der Waals surface area contributed by atoms with Crippen LogP contribution in [0.4, 0.5) is 5.69 Å². The molecule has 0 saturated carbocycles. The highest BCUT2D eigenvalue weighted by Crippen LogP contribution is 2.27. The van der Waals surface area contributed by atoms with Crippen LogP contribution in [0, 0.1) is 6.92 Å². The molecule has 1 amide bonds. The summed E-state index contributed by atoms with van der Waals surface area (Å²) >= 11 is 0. The molecule has 2 aromatic carbocycles. The van der Waals surface area contributed by atoms with Gasteiger partial charge in [-0.25, -0.2) is 0 Å². The average molecular weight is 351 g/mol. The van der Waals surface area contributed by atoms with E-state index in [-0.39, 0.29) is 12.5 Å². The lowest BCUT2D eigenvalue weighted by atomic mass is 10.2. The quantitative estimate of drug-likeness (QED) is 0.696. The van der Waals surface area contributed by atoms with Crippen LogP contribution in [0.3, 0.4) is 0 Å². The summed E-state index contributed by atoms with van der Waals surface area (Å²) in [6.45, 7) is 3.88. The summed E-state index contributed by atoms with van der Waals surface area (Å²) in [4.78, 5) is 16.6. The fraction of sp³-hybridized carbons (Fsp3) is 0.250. The van der Waals surface area contributed by atoms with Gasteiger partial charge in [-0.15, -0.1) is 0 Å². The lowest BCUT2D eigenvalue weighted by Crippen LogP contribution is -2.20. The van der Waals surface area contributed by atoms with Crippen LogP contribution in [0.5, 0.6) is 5.75 Å². The maximum Gasteiger partial charge on any atom is 0.262 e. The highest BCUT2D eigenvalue weighted by Gasteiger charge is 2.14. The molecule has 0 unspecified atom stereocenters. The summed E-state index contributed by atoms with van der Waals surface area (Å²) in [7, 11) is 0. The average Bonchev–Trinajstić information content (AvgIpc) is 3.11. The lowest BCUT2D eigenvalue weighted by molar-refractivity contribution is -0.118. The smallest absolute Gasteiger partial charge is 0.262 e. The minimum Gasteiger partial charge on any atom is -0.483 e. The van der Waals surface area contributed by atoms with Gasteiger partial charge in [-0.3, -0.25) is 4.79 Å². The van der Waals surface area contributed by atoms with Crippen molar-refractivity contribution < 1.29 is 14.1 Å². The van der Waals surface area contributed by atoms with Gasteiger partial charge in [0.2, 0.25) is 11.7 Å². The molecule has 0 saturated heterocycles. The number of aryl methyl sites for hydroxylation is 2. The number of nitrogens with one attached hydrogen (secondary N) is 1. The van der Waals surface area contributed by atoms with Gasteiger partial charge in [0, 0.05) is 12.1 Å². The molecule has 3 aromatic rings. The number of amides is 1. The Kier molecular flexibility index (Phi) is 5.63. The lowest BCUT2D eigenvalue weighted by Gasteiger charge is -2.11. The van der Waals surface area contributed by atoms with Crippen molar-refractivity contribution in [1.29, 1.82) is 0 Å². The maximum atomic E-state index is 12.2. The van der Waals surface area contributed by atoms with Crippen molar-refractivity contribution in [1.82, 2.24) is 10.1 Å². The van der Waals surface area contributed by atoms with Gasteiger partial charge in [-0.2, -0.15) is 4.98 Å². The molecule has 26 heavy (non-hydrogen) atoms. The Morgan fingerprint density at radius 1 is 1.15 bits per heavy atom. The van der Waals surface area contributed by atoms with Crippen LogP contribution < -0.4 is 10.1 Å². The van der Waals surface area contributed by atoms with Crippen LogP contribution in [-0.4, -0.2) is 22.7 Å². The molecule has 0 atom stereocenters. The summed E-state index contributed by atoms with van der Waals surface area (Å²) in [5.41, 5.74) is 2.47. The van der Waals surface area contributed by atoms with E-state index in [1.54, 1.807) is 6.07 Å². The number of anilines is 1. The third kappa shape index (κ3) is 4.27. The Balaban J connectivity index is 1.68. The molecule has 0 bridgehead atoms. The molecular formula is C20H21N3O3. The topological polar surface area (TPSA) is 77.2 Å². The second-order valence-electron chi connectivity index (χ2n) is 5.91. The van der Waals surface area contributed by atoms with Crippen LogP contribution in [-0.2, 0) is 11.2 Å². The molecule has 3 rings (SSSR count). The number of rotatable bonds is 7. The Bertz CT molecular complexity index is 889. The van der Waals surface area contributed by atoms with Gasteiger partial charge in [0.15, 0.2) is 6.61 Å². The van der Waals surface area contributed by atoms with E-state index in [1.165, 1.54) is 0 Å². The summed E-state index contributed by atoms with van der Waals surface area (Å²) in [5, 5.41) is 6.85. The molecule has 0 aliphatic rings. The van der Waals surface area contributed by atoms with Gasteiger partial charge in [0.25, 0.3) is 5.91 Å². The van der Waals surface area contributed by atoms with Crippen molar-refractivity contribution in [2.75, 3.05) is 11.9 Å². The molecular weight excluding hydrogens is 330 g/mol. The van der Waals surface area contributed by atoms with Crippen LogP contribution >= 0.6 is 0 Å². The van der Waals surface area contributed by atoms with Crippen LogP contribution in [0.25, 0.3) is 11.4 Å². The fourth-order valence-corrected chi connectivity index (χ4v) is 2.50. The number of carbonyl (C=O) groups excluding carboxylic acids is 1. The number of hydrogen-bond donors (Lipinski definition) is 1. The molecule has 0 aliphatic carbocycles. The van der Waals surface area contributed by atoms with Gasteiger partial charge in [0.1, 0.15) is 5.75 Å². The predicted octanol–water partition coefficient (Wildman–Crippen LogP) is 4.02. The first-order valence-corrected chi connectivity index (χ1v) is 8.57. The van der Waals surface area contributed by atoms with Crippen LogP contribution in [0.15, 0.2) is 53.1 Å². The highest BCUT2D eigenvalue weighted by atomic mass is 16.5. The molecule has 0 aliphatic heterocycles. The Hall–Kier alpha value is -3.15. The number of nitrogens with zero attached hydrogens (tertiary/aromatic N) is 2. The first-order chi connectivity index (χ1) is 12.7. The number of carbonyl (C=O) groups is 1. The van der Waals surface area contributed by atoms with Crippen molar-refractivity contribution in [2.45, 2.75) is 26.7 Å². The van der Waals surface area contributed by atoms with E-state index >= 15 is 0 Å². The molecule has 6 nitrogen and oxygen atoms in total. The van der Waals surface area contributed by atoms with Crippen molar-refractivity contribution in [2.24, 2.45) is 0 Å². The third-order valence-electron chi connectivity index (χ3n) is 3.84. The summed E-state index contributed by atoms with van der Waals surface area (Å²) < 4.78 is 10.9. The largest absolute Gasteiger partial charge is 0.483 e. The molecule has 0 spiro atoms. The Labute approximate surface area is 152 Å². The molecule has 0 fully saturated rings. The van der Waals surface area contributed by atoms with E-state index < -0.39 is 0 Å². The monoisotopic (exact) mass is 351 g/mol. The number of ether oxygens (including phenoxy) is 1. The molecule has 1 heterocycles. The van der Waals surface area contributed by atoms with E-state index in [9.17, 15) is 4.79 Å². The zero-order valence-electron chi connectivity index (χ0n) is 14.9. The normalized spacial score (nSPS) is 10.5. The third-order valence-corrected chi connectivity index (χ3v) is 3.84.